The summed E-state index contributed by atoms with van der Waals surface area (Å²) >= 11 is 0. The molecule has 0 unspecified atom stereocenters. The van der Waals surface area contributed by atoms with Gasteiger partial charge in [0.2, 0.25) is 0 Å². The van der Waals surface area contributed by atoms with Crippen molar-refractivity contribution in [2.75, 3.05) is 11.1 Å². The predicted molar refractivity (Wildman–Crippen MR) is 70.3 cm³/mol. The summed E-state index contributed by atoms with van der Waals surface area (Å²) in [4.78, 5) is 12.1. The van der Waals surface area contributed by atoms with Crippen LogP contribution in [0.4, 0.5) is 15.8 Å². The molecule has 1 amide bonds. The number of carbonyl (C=O) groups is 1. The van der Waals surface area contributed by atoms with Crippen molar-refractivity contribution in [3.63, 3.8) is 0 Å². The summed E-state index contributed by atoms with van der Waals surface area (Å²) in [5.41, 5.74) is 7.20. The average molecular weight is 260 g/mol. The molecule has 0 aliphatic carbocycles. The quantitative estimate of drug-likeness (QED) is 0.810. The van der Waals surface area contributed by atoms with E-state index in [-0.39, 0.29) is 11.4 Å². The molecule has 0 saturated heterocycles. The van der Waals surface area contributed by atoms with Crippen molar-refractivity contribution >= 4 is 17.3 Å². The SMILES string of the molecule is Cc1cc(C(=O)Nc2c(N)cccc2F)c(C)nn1. The normalized spacial score (nSPS) is 10.3. The van der Waals surface area contributed by atoms with Gasteiger partial charge in [-0.2, -0.15) is 10.2 Å². The minimum Gasteiger partial charge on any atom is -0.397 e. The first-order valence-corrected chi connectivity index (χ1v) is 5.65. The van der Waals surface area contributed by atoms with Gasteiger partial charge in [0, 0.05) is 0 Å². The number of nitrogen functional groups attached to an aromatic ring is 1. The number of nitrogens with one attached hydrogen (secondary N) is 1. The van der Waals surface area contributed by atoms with Crippen LogP contribution >= 0.6 is 0 Å². The Labute approximate surface area is 109 Å². The Bertz CT molecular complexity index is 622. The number of aromatic nitrogens is 2. The van der Waals surface area contributed by atoms with E-state index < -0.39 is 11.7 Å². The van der Waals surface area contributed by atoms with Gasteiger partial charge in [0.15, 0.2) is 0 Å². The van der Waals surface area contributed by atoms with Crippen LogP contribution in [-0.4, -0.2) is 16.1 Å². The van der Waals surface area contributed by atoms with Crippen molar-refractivity contribution in [3.8, 4) is 0 Å². The number of nitrogens with two attached hydrogens (primary N) is 1. The van der Waals surface area contributed by atoms with Gasteiger partial charge in [-0.3, -0.25) is 4.79 Å². The number of nitrogens with zero attached hydrogens (tertiary/aromatic N) is 2. The van der Waals surface area contributed by atoms with Crippen molar-refractivity contribution in [2.45, 2.75) is 13.8 Å². The molecule has 0 aliphatic heterocycles. The first-order chi connectivity index (χ1) is 8.99. The molecule has 0 spiro atoms. The molecule has 2 aromatic rings. The molecule has 1 heterocycles. The molecule has 0 bridgehead atoms. The minimum atomic E-state index is -0.579. The van der Waals surface area contributed by atoms with Crippen molar-refractivity contribution < 1.29 is 9.18 Å². The summed E-state index contributed by atoms with van der Waals surface area (Å²) in [6.07, 6.45) is 0. The predicted octanol–water partition coefficient (Wildman–Crippen LogP) is 2.07. The lowest BCUT2D eigenvalue weighted by molar-refractivity contribution is 0.102. The van der Waals surface area contributed by atoms with Gasteiger partial charge < -0.3 is 11.1 Å². The maximum absolute atomic E-state index is 13.6. The molecule has 0 radical (unpaired) electrons. The van der Waals surface area contributed by atoms with Crippen LogP contribution in [0, 0.1) is 19.7 Å². The number of carbonyl (C=O) groups excluding carboxylic acids is 1. The number of anilines is 2. The molecule has 0 atom stereocenters. The van der Waals surface area contributed by atoms with Crippen molar-refractivity contribution in [3.05, 3.63) is 47.0 Å². The summed E-state index contributed by atoms with van der Waals surface area (Å²) in [5, 5.41) is 10.1. The molecule has 5 nitrogen and oxygen atoms in total. The number of halogens is 1. The Balaban J connectivity index is 2.34. The van der Waals surface area contributed by atoms with Crippen LogP contribution in [-0.2, 0) is 0 Å². The monoisotopic (exact) mass is 260 g/mol. The third kappa shape index (κ3) is 2.67. The van der Waals surface area contributed by atoms with Gasteiger partial charge in [0.05, 0.1) is 22.6 Å². The summed E-state index contributed by atoms with van der Waals surface area (Å²) in [6, 6.07) is 5.81. The standard InChI is InChI=1S/C13H13FN4O/c1-7-6-9(8(2)18-17-7)13(19)16-12-10(14)4-3-5-11(12)15/h3-6H,15H2,1-2H3,(H,16,19). The molecule has 1 aromatic heterocycles. The van der Waals surface area contributed by atoms with Gasteiger partial charge >= 0.3 is 0 Å². The van der Waals surface area contributed by atoms with Gasteiger partial charge in [-0.15, -0.1) is 0 Å². The van der Waals surface area contributed by atoms with E-state index in [2.05, 4.69) is 15.5 Å². The van der Waals surface area contributed by atoms with Crippen LogP contribution in [0.15, 0.2) is 24.3 Å². The van der Waals surface area contributed by atoms with E-state index in [0.717, 1.165) is 0 Å². The lowest BCUT2D eigenvalue weighted by Crippen LogP contribution is -2.17. The van der Waals surface area contributed by atoms with Crippen LogP contribution < -0.4 is 11.1 Å². The van der Waals surface area contributed by atoms with Crippen molar-refractivity contribution in [2.24, 2.45) is 0 Å². The molecule has 0 fully saturated rings. The van der Waals surface area contributed by atoms with Crippen LogP contribution in [0.5, 0.6) is 0 Å². The van der Waals surface area contributed by atoms with Crippen LogP contribution in [0.25, 0.3) is 0 Å². The Morgan fingerprint density at radius 1 is 1.32 bits per heavy atom. The second kappa shape index (κ2) is 5.01. The minimum absolute atomic E-state index is 0.0265. The molecule has 3 N–H and O–H groups in total. The van der Waals surface area contributed by atoms with Crippen LogP contribution in [0.1, 0.15) is 21.7 Å². The zero-order chi connectivity index (χ0) is 14.0. The smallest absolute Gasteiger partial charge is 0.257 e. The largest absolute Gasteiger partial charge is 0.397 e. The first kappa shape index (κ1) is 12.9. The number of hydrogen-bond acceptors (Lipinski definition) is 4. The van der Waals surface area contributed by atoms with Crippen LogP contribution in [0.2, 0.25) is 0 Å². The fourth-order valence-corrected chi connectivity index (χ4v) is 1.63. The molecular formula is C13H13FN4O. The lowest BCUT2D eigenvalue weighted by Gasteiger charge is -2.10. The molecule has 98 valence electrons. The molecule has 19 heavy (non-hydrogen) atoms. The number of aryl methyl sites for hydroxylation is 2. The number of benzene rings is 1. The highest BCUT2D eigenvalue weighted by atomic mass is 19.1. The maximum atomic E-state index is 13.6. The number of para-hydroxylation sites is 1. The fourth-order valence-electron chi connectivity index (χ4n) is 1.63. The third-order valence-electron chi connectivity index (χ3n) is 2.63. The second-order valence-corrected chi connectivity index (χ2v) is 4.14. The van der Waals surface area contributed by atoms with E-state index in [1.165, 1.54) is 18.2 Å². The third-order valence-corrected chi connectivity index (χ3v) is 2.63. The Morgan fingerprint density at radius 3 is 2.74 bits per heavy atom. The lowest BCUT2D eigenvalue weighted by atomic mass is 10.1. The van der Waals surface area contributed by atoms with Gasteiger partial charge in [-0.25, -0.2) is 4.39 Å². The van der Waals surface area contributed by atoms with Crippen molar-refractivity contribution in [1.29, 1.82) is 0 Å². The summed E-state index contributed by atoms with van der Waals surface area (Å²) in [7, 11) is 0. The topological polar surface area (TPSA) is 80.9 Å². The highest BCUT2D eigenvalue weighted by Gasteiger charge is 2.15. The summed E-state index contributed by atoms with van der Waals surface area (Å²) in [5.74, 6) is -1.04. The van der Waals surface area contributed by atoms with Crippen LogP contribution in [0.3, 0.4) is 0 Å². The summed E-state index contributed by atoms with van der Waals surface area (Å²) in [6.45, 7) is 3.38. The van der Waals surface area contributed by atoms with E-state index in [1.807, 2.05) is 0 Å². The van der Waals surface area contributed by atoms with Gasteiger partial charge in [-0.1, -0.05) is 6.07 Å². The molecule has 0 aliphatic rings. The van der Waals surface area contributed by atoms with Gasteiger partial charge in [0.25, 0.3) is 5.91 Å². The Morgan fingerprint density at radius 2 is 2.05 bits per heavy atom. The van der Waals surface area contributed by atoms with E-state index in [0.29, 0.717) is 17.0 Å². The van der Waals surface area contributed by atoms with E-state index in [1.54, 1.807) is 19.9 Å². The molecule has 1 aromatic carbocycles. The molecule has 2 rings (SSSR count). The zero-order valence-corrected chi connectivity index (χ0v) is 10.6. The molecule has 0 saturated carbocycles. The molecular weight excluding hydrogens is 247 g/mol. The highest BCUT2D eigenvalue weighted by Crippen LogP contribution is 2.22. The van der Waals surface area contributed by atoms with Gasteiger partial charge in [0.1, 0.15) is 11.5 Å². The Kier molecular flexibility index (Phi) is 3.41. The summed E-state index contributed by atoms with van der Waals surface area (Å²) < 4.78 is 13.6. The van der Waals surface area contributed by atoms with E-state index in [9.17, 15) is 9.18 Å². The fraction of sp³-hybridized carbons (Fsp3) is 0.154. The van der Waals surface area contributed by atoms with Gasteiger partial charge in [-0.05, 0) is 32.0 Å². The highest BCUT2D eigenvalue weighted by molar-refractivity contribution is 6.06. The number of rotatable bonds is 2. The number of hydrogen-bond donors (Lipinski definition) is 2. The average Bonchev–Trinajstić information content (AvgIpc) is 2.37. The maximum Gasteiger partial charge on any atom is 0.257 e. The van der Waals surface area contributed by atoms with Crippen molar-refractivity contribution in [1.82, 2.24) is 10.2 Å². The van der Waals surface area contributed by atoms with E-state index >= 15 is 0 Å². The van der Waals surface area contributed by atoms with E-state index in [4.69, 9.17) is 5.73 Å². The molecule has 6 heteroatoms. The Hall–Kier alpha value is -2.50. The first-order valence-electron chi connectivity index (χ1n) is 5.65. The zero-order valence-electron chi connectivity index (χ0n) is 10.6. The number of amides is 1. The second-order valence-electron chi connectivity index (χ2n) is 4.14.